The summed E-state index contributed by atoms with van der Waals surface area (Å²) in [6.07, 6.45) is -0.426. The predicted molar refractivity (Wildman–Crippen MR) is 93.6 cm³/mol. The molecule has 140 valence electrons. The Labute approximate surface area is 150 Å². The van der Waals surface area contributed by atoms with Crippen molar-refractivity contribution in [2.75, 3.05) is 0 Å². The van der Waals surface area contributed by atoms with Crippen LogP contribution >= 0.6 is 0 Å². The Bertz CT molecular complexity index is 644. The van der Waals surface area contributed by atoms with Gasteiger partial charge in [0.15, 0.2) is 11.0 Å². The van der Waals surface area contributed by atoms with E-state index in [1.54, 1.807) is 20.8 Å². The van der Waals surface area contributed by atoms with Crippen molar-refractivity contribution < 1.29 is 22.9 Å². The number of halogens is 1. The van der Waals surface area contributed by atoms with E-state index < -0.39 is 40.4 Å². The highest BCUT2D eigenvalue weighted by Gasteiger charge is 2.26. The highest BCUT2D eigenvalue weighted by molar-refractivity contribution is 7.83. The lowest BCUT2D eigenvalue weighted by molar-refractivity contribution is -0.121. The monoisotopic (exact) mass is 372 g/mol. The van der Waals surface area contributed by atoms with Gasteiger partial charge in [-0.3, -0.25) is 9.52 Å². The summed E-state index contributed by atoms with van der Waals surface area (Å²) in [5, 5.41) is 2.47. The molecule has 1 unspecified atom stereocenters. The summed E-state index contributed by atoms with van der Waals surface area (Å²) in [6.45, 7) is 8.88. The Morgan fingerprint density at radius 2 is 1.84 bits per heavy atom. The van der Waals surface area contributed by atoms with Crippen LogP contribution in [0.3, 0.4) is 0 Å². The van der Waals surface area contributed by atoms with E-state index in [-0.39, 0.29) is 10.8 Å². The lowest BCUT2D eigenvalue weighted by Gasteiger charge is -2.24. The molecule has 0 aliphatic heterocycles. The fourth-order valence-corrected chi connectivity index (χ4v) is 2.85. The smallest absolute Gasteiger partial charge is 0.408 e. The molecule has 1 aromatic rings. The number of hydrogen-bond acceptors (Lipinski definition) is 4. The Hall–Kier alpha value is -1.96. The first-order valence-corrected chi connectivity index (χ1v) is 9.11. The standard InChI is InChI=1S/C17H25FN2O4S/c1-11(2)10-13(19-16(22)24-17(3,4)5)15(21)20-25(23)14-9-7-6-8-12(14)18/h6-9,11,13H,10H2,1-5H3,(H,19,22)(H,20,21)/t13-,25?/m0/s1. The Kier molecular flexibility index (Phi) is 7.54. The van der Waals surface area contributed by atoms with Crippen LogP contribution in [-0.2, 0) is 20.5 Å². The molecule has 1 rings (SSSR count). The third-order valence-corrected chi connectivity index (χ3v) is 4.06. The summed E-state index contributed by atoms with van der Waals surface area (Å²) in [6, 6.07) is 4.52. The van der Waals surface area contributed by atoms with Gasteiger partial charge in [0.25, 0.3) is 5.91 Å². The second-order valence-corrected chi connectivity index (χ2v) is 8.18. The number of rotatable bonds is 6. The maximum Gasteiger partial charge on any atom is 0.408 e. The molecule has 0 radical (unpaired) electrons. The summed E-state index contributed by atoms with van der Waals surface area (Å²) in [4.78, 5) is 24.2. The summed E-state index contributed by atoms with van der Waals surface area (Å²) >= 11 is 0. The zero-order chi connectivity index (χ0) is 19.2. The second kappa shape index (κ2) is 8.94. The van der Waals surface area contributed by atoms with Gasteiger partial charge in [0.1, 0.15) is 17.5 Å². The van der Waals surface area contributed by atoms with Crippen molar-refractivity contribution in [3.63, 3.8) is 0 Å². The van der Waals surface area contributed by atoms with Gasteiger partial charge in [0, 0.05) is 0 Å². The Morgan fingerprint density at radius 1 is 1.24 bits per heavy atom. The molecule has 0 heterocycles. The fourth-order valence-electron chi connectivity index (χ4n) is 1.97. The van der Waals surface area contributed by atoms with E-state index in [4.69, 9.17) is 4.74 Å². The largest absolute Gasteiger partial charge is 0.444 e. The van der Waals surface area contributed by atoms with Crippen LogP contribution in [0.4, 0.5) is 9.18 Å². The molecule has 6 nitrogen and oxygen atoms in total. The van der Waals surface area contributed by atoms with Crippen LogP contribution in [0, 0.1) is 11.7 Å². The average Bonchev–Trinajstić information content (AvgIpc) is 2.44. The predicted octanol–water partition coefficient (Wildman–Crippen LogP) is 2.90. The minimum absolute atomic E-state index is 0.0904. The quantitative estimate of drug-likeness (QED) is 0.804. The summed E-state index contributed by atoms with van der Waals surface area (Å²) < 4.78 is 33.2. The number of ether oxygens (including phenoxy) is 1. The summed E-state index contributed by atoms with van der Waals surface area (Å²) in [5.74, 6) is -1.25. The first-order chi connectivity index (χ1) is 11.5. The average molecular weight is 372 g/mol. The van der Waals surface area contributed by atoms with Gasteiger partial charge in [-0.2, -0.15) is 0 Å². The van der Waals surface area contributed by atoms with E-state index in [1.807, 2.05) is 13.8 Å². The Balaban J connectivity index is 2.81. The van der Waals surface area contributed by atoms with E-state index >= 15 is 0 Å². The van der Waals surface area contributed by atoms with Crippen LogP contribution in [0.1, 0.15) is 41.0 Å². The Morgan fingerprint density at radius 3 is 2.36 bits per heavy atom. The number of carbonyl (C=O) groups is 2. The molecule has 0 aliphatic carbocycles. The number of nitrogens with one attached hydrogen (secondary N) is 2. The van der Waals surface area contributed by atoms with Crippen molar-refractivity contribution in [3.05, 3.63) is 30.1 Å². The number of amides is 2. The van der Waals surface area contributed by atoms with Crippen molar-refractivity contribution in [2.24, 2.45) is 5.92 Å². The van der Waals surface area contributed by atoms with Crippen LogP contribution in [0.25, 0.3) is 0 Å². The van der Waals surface area contributed by atoms with Crippen LogP contribution in [0.2, 0.25) is 0 Å². The maximum absolute atomic E-state index is 13.7. The number of alkyl carbamates (subject to hydrolysis) is 1. The van der Waals surface area contributed by atoms with Crippen LogP contribution in [0.5, 0.6) is 0 Å². The van der Waals surface area contributed by atoms with Gasteiger partial charge in [0.05, 0.1) is 4.90 Å². The van der Waals surface area contributed by atoms with Crippen molar-refractivity contribution in [2.45, 2.75) is 57.6 Å². The first kappa shape index (κ1) is 21.1. The molecule has 0 aromatic heterocycles. The zero-order valence-corrected chi connectivity index (χ0v) is 15.9. The third kappa shape index (κ3) is 7.64. The molecule has 2 amide bonds. The van der Waals surface area contributed by atoms with Gasteiger partial charge in [-0.25, -0.2) is 13.4 Å². The fraction of sp³-hybridized carbons (Fsp3) is 0.529. The molecule has 25 heavy (non-hydrogen) atoms. The minimum Gasteiger partial charge on any atom is -0.444 e. The molecule has 0 fully saturated rings. The molecule has 0 spiro atoms. The van der Waals surface area contributed by atoms with E-state index in [9.17, 15) is 18.2 Å². The molecule has 1 aromatic carbocycles. The van der Waals surface area contributed by atoms with Crippen molar-refractivity contribution >= 4 is 23.0 Å². The van der Waals surface area contributed by atoms with Gasteiger partial charge in [-0.15, -0.1) is 0 Å². The lowest BCUT2D eigenvalue weighted by Crippen LogP contribution is -2.49. The van der Waals surface area contributed by atoms with Crippen molar-refractivity contribution in [3.8, 4) is 0 Å². The molecule has 0 saturated carbocycles. The third-order valence-electron chi connectivity index (χ3n) is 2.94. The topological polar surface area (TPSA) is 84.5 Å². The van der Waals surface area contributed by atoms with Gasteiger partial charge < -0.3 is 10.1 Å². The van der Waals surface area contributed by atoms with Crippen molar-refractivity contribution in [1.82, 2.24) is 10.0 Å². The first-order valence-electron chi connectivity index (χ1n) is 7.96. The lowest BCUT2D eigenvalue weighted by atomic mass is 10.0. The van der Waals surface area contributed by atoms with E-state index in [0.717, 1.165) is 6.07 Å². The summed E-state index contributed by atoms with van der Waals surface area (Å²) in [5.41, 5.74) is -0.709. The number of benzene rings is 1. The van der Waals surface area contributed by atoms with Crippen LogP contribution in [0.15, 0.2) is 29.2 Å². The molecule has 0 aliphatic rings. The maximum atomic E-state index is 13.7. The highest BCUT2D eigenvalue weighted by atomic mass is 32.2. The summed E-state index contributed by atoms with van der Waals surface area (Å²) in [7, 11) is -2.06. The van der Waals surface area contributed by atoms with E-state index in [1.165, 1.54) is 18.2 Å². The zero-order valence-electron chi connectivity index (χ0n) is 15.1. The molecular formula is C17H25FN2O4S. The number of hydrogen-bond donors (Lipinski definition) is 2. The van der Waals surface area contributed by atoms with Gasteiger partial charge in [-0.1, -0.05) is 26.0 Å². The highest BCUT2D eigenvalue weighted by Crippen LogP contribution is 2.12. The number of carbonyl (C=O) groups excluding carboxylic acids is 2. The van der Waals surface area contributed by atoms with Gasteiger partial charge in [0.2, 0.25) is 0 Å². The molecular weight excluding hydrogens is 347 g/mol. The van der Waals surface area contributed by atoms with Crippen LogP contribution in [-0.4, -0.2) is 27.9 Å². The minimum atomic E-state index is -2.06. The van der Waals surface area contributed by atoms with Crippen LogP contribution < -0.4 is 10.0 Å². The molecule has 2 atom stereocenters. The molecule has 2 N–H and O–H groups in total. The van der Waals surface area contributed by atoms with E-state index in [2.05, 4.69) is 10.0 Å². The SMILES string of the molecule is CC(C)C[C@H](NC(=O)OC(C)(C)C)C(=O)NS(=O)c1ccccc1F. The normalized spacial score (nSPS) is 13.9. The second-order valence-electron chi connectivity index (χ2n) is 6.99. The molecule has 0 bridgehead atoms. The molecule has 0 saturated heterocycles. The van der Waals surface area contributed by atoms with E-state index in [0.29, 0.717) is 6.42 Å². The van der Waals surface area contributed by atoms with Gasteiger partial charge in [-0.05, 0) is 45.2 Å². The van der Waals surface area contributed by atoms with Gasteiger partial charge >= 0.3 is 6.09 Å². The molecule has 8 heteroatoms. The van der Waals surface area contributed by atoms with Crippen molar-refractivity contribution in [1.29, 1.82) is 0 Å².